The normalized spacial score (nSPS) is 10.4. The van der Waals surface area contributed by atoms with Gasteiger partial charge in [-0.1, -0.05) is 48.0 Å². The Balaban J connectivity index is 2.00. The molecule has 0 unspecified atom stereocenters. The third-order valence-corrected chi connectivity index (χ3v) is 4.26. The standard InChI is InChI=1S/C21H26N2O2/c1-16-10-11-20(17(2)14-16)23(18(3)24)13-12-21(25)22(4)15-19-8-6-5-7-9-19/h5-11,14H,12-13,15H2,1-4H3. The number of hydrogen-bond acceptors (Lipinski definition) is 2. The van der Waals surface area contributed by atoms with Crippen LogP contribution in [0.3, 0.4) is 0 Å². The summed E-state index contributed by atoms with van der Waals surface area (Å²) < 4.78 is 0. The van der Waals surface area contributed by atoms with Crippen molar-refractivity contribution >= 4 is 17.5 Å². The molecule has 0 heterocycles. The number of carbonyl (C=O) groups excluding carboxylic acids is 2. The lowest BCUT2D eigenvalue weighted by Gasteiger charge is -2.25. The topological polar surface area (TPSA) is 40.6 Å². The van der Waals surface area contributed by atoms with Gasteiger partial charge in [-0.15, -0.1) is 0 Å². The molecule has 4 heteroatoms. The van der Waals surface area contributed by atoms with Crippen LogP contribution in [0.15, 0.2) is 48.5 Å². The lowest BCUT2D eigenvalue weighted by atomic mass is 10.1. The van der Waals surface area contributed by atoms with E-state index in [2.05, 4.69) is 6.07 Å². The molecular weight excluding hydrogens is 312 g/mol. The molecule has 132 valence electrons. The monoisotopic (exact) mass is 338 g/mol. The predicted octanol–water partition coefficient (Wildman–Crippen LogP) is 3.71. The minimum Gasteiger partial charge on any atom is -0.341 e. The predicted molar refractivity (Wildman–Crippen MR) is 101 cm³/mol. The largest absolute Gasteiger partial charge is 0.341 e. The van der Waals surface area contributed by atoms with Crippen LogP contribution in [0.1, 0.15) is 30.0 Å². The molecule has 0 radical (unpaired) electrons. The maximum atomic E-state index is 12.4. The Morgan fingerprint density at radius 2 is 1.68 bits per heavy atom. The van der Waals surface area contributed by atoms with E-state index in [1.54, 1.807) is 16.8 Å². The van der Waals surface area contributed by atoms with E-state index < -0.39 is 0 Å². The lowest BCUT2D eigenvalue weighted by molar-refractivity contribution is -0.130. The van der Waals surface area contributed by atoms with Crippen LogP contribution in [0.25, 0.3) is 0 Å². The van der Waals surface area contributed by atoms with Gasteiger partial charge >= 0.3 is 0 Å². The first-order chi connectivity index (χ1) is 11.9. The van der Waals surface area contributed by atoms with E-state index in [0.717, 1.165) is 22.4 Å². The summed E-state index contributed by atoms with van der Waals surface area (Å²) in [5.41, 5.74) is 4.16. The van der Waals surface area contributed by atoms with Gasteiger partial charge < -0.3 is 9.80 Å². The number of nitrogens with zero attached hydrogens (tertiary/aromatic N) is 2. The van der Waals surface area contributed by atoms with Crippen molar-refractivity contribution in [3.05, 3.63) is 65.2 Å². The summed E-state index contributed by atoms with van der Waals surface area (Å²) in [7, 11) is 1.80. The first-order valence-corrected chi connectivity index (χ1v) is 8.51. The van der Waals surface area contributed by atoms with Crippen LogP contribution < -0.4 is 4.90 Å². The van der Waals surface area contributed by atoms with Gasteiger partial charge in [0.25, 0.3) is 0 Å². The summed E-state index contributed by atoms with van der Waals surface area (Å²) >= 11 is 0. The second-order valence-electron chi connectivity index (χ2n) is 6.45. The molecule has 0 fully saturated rings. The third kappa shape index (κ3) is 5.18. The molecular formula is C21H26N2O2. The second-order valence-corrected chi connectivity index (χ2v) is 6.45. The summed E-state index contributed by atoms with van der Waals surface area (Å²) in [5, 5.41) is 0. The number of anilines is 1. The fraction of sp³-hybridized carbons (Fsp3) is 0.333. The van der Waals surface area contributed by atoms with E-state index in [-0.39, 0.29) is 11.8 Å². The highest BCUT2D eigenvalue weighted by atomic mass is 16.2. The van der Waals surface area contributed by atoms with Crippen molar-refractivity contribution in [3.8, 4) is 0 Å². The molecule has 0 aliphatic rings. The Labute approximate surface area is 150 Å². The summed E-state index contributed by atoms with van der Waals surface area (Å²) in [5.74, 6) is -0.0228. The smallest absolute Gasteiger partial charge is 0.224 e. The molecule has 0 N–H and O–H groups in total. The molecule has 0 bridgehead atoms. The maximum absolute atomic E-state index is 12.4. The Morgan fingerprint density at radius 3 is 2.28 bits per heavy atom. The molecule has 2 aromatic carbocycles. The highest BCUT2D eigenvalue weighted by Crippen LogP contribution is 2.22. The zero-order valence-electron chi connectivity index (χ0n) is 15.5. The quantitative estimate of drug-likeness (QED) is 0.806. The van der Waals surface area contributed by atoms with Gasteiger partial charge in [0.2, 0.25) is 11.8 Å². The van der Waals surface area contributed by atoms with Crippen molar-refractivity contribution in [3.63, 3.8) is 0 Å². The fourth-order valence-corrected chi connectivity index (χ4v) is 2.90. The van der Waals surface area contributed by atoms with Crippen molar-refractivity contribution in [2.75, 3.05) is 18.5 Å². The van der Waals surface area contributed by atoms with E-state index in [0.29, 0.717) is 19.5 Å². The number of hydrogen-bond donors (Lipinski definition) is 0. The van der Waals surface area contributed by atoms with E-state index in [1.165, 1.54) is 6.92 Å². The molecule has 2 rings (SSSR count). The van der Waals surface area contributed by atoms with Gasteiger partial charge in [-0.25, -0.2) is 0 Å². The summed E-state index contributed by atoms with van der Waals surface area (Å²) in [4.78, 5) is 27.9. The van der Waals surface area contributed by atoms with Crippen LogP contribution in [0.4, 0.5) is 5.69 Å². The van der Waals surface area contributed by atoms with Crippen LogP contribution in [0, 0.1) is 13.8 Å². The van der Waals surface area contributed by atoms with Crippen molar-refractivity contribution in [1.82, 2.24) is 4.90 Å². The Hall–Kier alpha value is -2.62. The maximum Gasteiger partial charge on any atom is 0.224 e. The fourth-order valence-electron chi connectivity index (χ4n) is 2.90. The van der Waals surface area contributed by atoms with E-state index in [4.69, 9.17) is 0 Å². The van der Waals surface area contributed by atoms with Crippen molar-refractivity contribution in [2.45, 2.75) is 33.7 Å². The average molecular weight is 338 g/mol. The molecule has 0 atom stereocenters. The van der Waals surface area contributed by atoms with Gasteiger partial charge in [0.1, 0.15) is 0 Å². The van der Waals surface area contributed by atoms with Gasteiger partial charge in [-0.3, -0.25) is 9.59 Å². The number of aryl methyl sites for hydroxylation is 2. The molecule has 0 spiro atoms. The number of amides is 2. The SMILES string of the molecule is CC(=O)N(CCC(=O)N(C)Cc1ccccc1)c1ccc(C)cc1C. The average Bonchev–Trinajstić information content (AvgIpc) is 2.57. The van der Waals surface area contributed by atoms with Crippen LogP contribution in [-0.4, -0.2) is 30.3 Å². The summed E-state index contributed by atoms with van der Waals surface area (Å²) in [6.45, 7) is 6.51. The molecule has 2 amide bonds. The number of benzene rings is 2. The van der Waals surface area contributed by atoms with Gasteiger partial charge in [-0.2, -0.15) is 0 Å². The molecule has 2 aromatic rings. The molecule has 25 heavy (non-hydrogen) atoms. The van der Waals surface area contributed by atoms with E-state index >= 15 is 0 Å². The van der Waals surface area contributed by atoms with Gasteiger partial charge in [0, 0.05) is 39.2 Å². The minimum absolute atomic E-state index is 0.0277. The lowest BCUT2D eigenvalue weighted by Crippen LogP contribution is -2.35. The Bertz CT molecular complexity index is 741. The molecule has 4 nitrogen and oxygen atoms in total. The summed E-state index contributed by atoms with van der Waals surface area (Å²) in [6, 6.07) is 15.9. The third-order valence-electron chi connectivity index (χ3n) is 4.26. The molecule has 0 aromatic heterocycles. The van der Waals surface area contributed by atoms with Gasteiger partial charge in [0.05, 0.1) is 0 Å². The first-order valence-electron chi connectivity index (χ1n) is 8.51. The van der Waals surface area contributed by atoms with Crippen LogP contribution in [0.5, 0.6) is 0 Å². The second kappa shape index (κ2) is 8.47. The van der Waals surface area contributed by atoms with Crippen LogP contribution in [-0.2, 0) is 16.1 Å². The van der Waals surface area contributed by atoms with E-state index in [1.807, 2.05) is 56.3 Å². The van der Waals surface area contributed by atoms with Gasteiger partial charge in [-0.05, 0) is 31.0 Å². The van der Waals surface area contributed by atoms with Crippen molar-refractivity contribution in [2.24, 2.45) is 0 Å². The first kappa shape index (κ1) is 18.7. The molecule has 0 saturated carbocycles. The summed E-state index contributed by atoms with van der Waals surface area (Å²) in [6.07, 6.45) is 0.302. The van der Waals surface area contributed by atoms with Crippen molar-refractivity contribution < 1.29 is 9.59 Å². The molecule has 0 aliphatic carbocycles. The Morgan fingerprint density at radius 1 is 1.00 bits per heavy atom. The molecule has 0 aliphatic heterocycles. The zero-order chi connectivity index (χ0) is 18.4. The van der Waals surface area contributed by atoms with E-state index in [9.17, 15) is 9.59 Å². The van der Waals surface area contributed by atoms with Crippen LogP contribution >= 0.6 is 0 Å². The van der Waals surface area contributed by atoms with Crippen LogP contribution in [0.2, 0.25) is 0 Å². The highest BCUT2D eigenvalue weighted by Gasteiger charge is 2.17. The number of rotatable bonds is 6. The zero-order valence-corrected chi connectivity index (χ0v) is 15.5. The van der Waals surface area contributed by atoms with Crippen molar-refractivity contribution in [1.29, 1.82) is 0 Å². The van der Waals surface area contributed by atoms with Gasteiger partial charge in [0.15, 0.2) is 0 Å². The highest BCUT2D eigenvalue weighted by molar-refractivity contribution is 5.93. The molecule has 0 saturated heterocycles. The minimum atomic E-state index is -0.0505. The Kier molecular flexibility index (Phi) is 6.34. The number of carbonyl (C=O) groups is 2.